The van der Waals surface area contributed by atoms with Crippen LogP contribution in [0.3, 0.4) is 0 Å². The zero-order valence-corrected chi connectivity index (χ0v) is 38.0. The quantitative estimate of drug-likeness (QED) is 0.104. The third kappa shape index (κ3) is 8.69. The molecule has 1 aliphatic carbocycles. The van der Waals surface area contributed by atoms with Crippen LogP contribution < -0.4 is 25.0 Å². The fraction of sp³-hybridized carbons (Fsp3) is 0.0727. The summed E-state index contributed by atoms with van der Waals surface area (Å²) in [5.74, 6) is -3.56. The van der Waals surface area contributed by atoms with Crippen LogP contribution in [0.2, 0.25) is 0 Å². The predicted molar refractivity (Wildman–Crippen MR) is 267 cm³/mol. The van der Waals surface area contributed by atoms with Gasteiger partial charge in [0.1, 0.15) is 23.0 Å². The third-order valence-corrected chi connectivity index (χ3v) is 13.2. The molecule has 0 radical (unpaired) electrons. The number of aromatic nitrogens is 1. The van der Waals surface area contributed by atoms with Gasteiger partial charge in [0.05, 0.1) is 10.8 Å². The van der Waals surface area contributed by atoms with Gasteiger partial charge in [0.25, 0.3) is 5.04 Å². The van der Waals surface area contributed by atoms with E-state index in [0.717, 1.165) is 65.0 Å². The molecule has 11 heteroatoms. The topological polar surface area (TPSA) is 140 Å². The molecule has 7 aromatic rings. The zero-order chi connectivity index (χ0) is 46.2. The highest BCUT2D eigenvalue weighted by Crippen LogP contribution is 2.45. The third-order valence-electron chi connectivity index (χ3n) is 11.2. The largest absolute Gasteiger partial charge is 0.871 e. The van der Waals surface area contributed by atoms with Gasteiger partial charge in [-0.2, -0.15) is 0 Å². The lowest BCUT2D eigenvalue weighted by Gasteiger charge is -2.31. The number of phenols is 4. The van der Waals surface area contributed by atoms with E-state index in [-0.39, 0.29) is 10.8 Å². The Balaban J connectivity index is 0.958. The van der Waals surface area contributed by atoms with Gasteiger partial charge in [-0.05, 0) is 117 Å². The standard InChI is InChI=1S/C55H43N3O6S2/c1-32-5-15-38(16-6-32)57(39-17-7-33(2)8-18-39)48-26-25-42(65-48)23-13-36-27-44(59)49(45(60)28-36)51-53(63)52(54(51)64)50-46(61)29-37(30-47(50)62)14-24-43-31-56-55(66-43)58(40-19-9-34(3)10-20-40)41-21-11-35(4)12-22-41/h5-31H,1-4H3,(H4,59,60,61,62,63,64)/b24-14+. The molecule has 0 spiro atoms. The molecular weight excluding hydrogens is 863 g/mol. The average molecular weight is 906 g/mol. The number of allylic oxidation sites excluding steroid dienone is 4. The number of rotatable bonds is 9. The highest BCUT2D eigenvalue weighted by molar-refractivity contribution is 8.18. The number of thioether (sulfide) groups is 1. The van der Waals surface area contributed by atoms with Crippen LogP contribution in [0.5, 0.6) is 23.0 Å². The number of aryl methyl sites for hydroxylation is 4. The Morgan fingerprint density at radius 2 is 1.14 bits per heavy atom. The minimum atomic E-state index is -0.829. The molecule has 0 unspecified atom stereocenters. The Bertz CT molecular complexity index is 3220. The first-order valence-electron chi connectivity index (χ1n) is 21.1. The number of carbonyl (C=O) groups excluding carboxylic acids is 1. The van der Waals surface area contributed by atoms with Crippen molar-refractivity contribution in [2.45, 2.75) is 27.7 Å². The van der Waals surface area contributed by atoms with Crippen LogP contribution in [0.25, 0.3) is 29.4 Å². The van der Waals surface area contributed by atoms with Crippen LogP contribution in [0.4, 0.5) is 27.9 Å². The number of aromatic hydroxyl groups is 4. The molecule has 0 saturated heterocycles. The van der Waals surface area contributed by atoms with Crippen molar-refractivity contribution in [2.24, 2.45) is 0 Å². The molecular formula is C55H43N3O6S2. The predicted octanol–water partition coefficient (Wildman–Crippen LogP) is 10.2. The minimum Gasteiger partial charge on any atom is -0.871 e. The Kier molecular flexibility index (Phi) is 11.8. The summed E-state index contributed by atoms with van der Waals surface area (Å²) in [7, 11) is 0. The van der Waals surface area contributed by atoms with E-state index in [2.05, 4.69) is 96.1 Å². The van der Waals surface area contributed by atoms with Gasteiger partial charge in [-0.3, -0.25) is 9.69 Å². The van der Waals surface area contributed by atoms with E-state index in [9.17, 15) is 30.3 Å². The molecule has 6 aromatic carbocycles. The van der Waals surface area contributed by atoms with E-state index >= 15 is 0 Å². The maximum Gasteiger partial charge on any atom is 0.251 e. The summed E-state index contributed by atoms with van der Waals surface area (Å²) in [5.41, 5.74) is 7.75. The Labute approximate surface area is 389 Å². The highest BCUT2D eigenvalue weighted by atomic mass is 32.2. The maximum absolute atomic E-state index is 13.6. The van der Waals surface area contributed by atoms with Gasteiger partial charge < -0.3 is 25.5 Å². The molecule has 1 aromatic heterocycles. The van der Waals surface area contributed by atoms with Gasteiger partial charge in [-0.25, -0.2) is 4.98 Å². The van der Waals surface area contributed by atoms with Crippen molar-refractivity contribution in [2.75, 3.05) is 4.90 Å². The lowest BCUT2D eigenvalue weighted by molar-refractivity contribution is -0.293. The Morgan fingerprint density at radius 1 is 0.621 bits per heavy atom. The number of phenolic OH excluding ortho intramolecular Hbond substituents is 4. The van der Waals surface area contributed by atoms with Crippen LogP contribution in [0.15, 0.2) is 156 Å². The molecule has 9 nitrogen and oxygen atoms in total. The van der Waals surface area contributed by atoms with Gasteiger partial charge in [-0.1, -0.05) is 100 Å². The smallest absolute Gasteiger partial charge is 0.251 e. The molecule has 0 atom stereocenters. The van der Waals surface area contributed by atoms with E-state index < -0.39 is 45.7 Å². The number of thiazole rings is 1. The van der Waals surface area contributed by atoms with Crippen LogP contribution in [-0.4, -0.2) is 36.2 Å². The van der Waals surface area contributed by atoms with Gasteiger partial charge in [0.2, 0.25) is 11.4 Å². The molecule has 0 amide bonds. The number of Topliss-reactive ketones (excluding diaryl/α,β-unsaturated/α-hetero) is 1. The van der Waals surface area contributed by atoms with Crippen LogP contribution in [0, 0.1) is 27.7 Å². The summed E-state index contributed by atoms with van der Waals surface area (Å²) in [6.45, 7) is 8.18. The van der Waals surface area contributed by atoms with E-state index in [4.69, 9.17) is 4.98 Å². The molecule has 0 fully saturated rings. The van der Waals surface area contributed by atoms with Crippen molar-refractivity contribution >= 4 is 91.2 Å². The molecule has 326 valence electrons. The lowest BCUT2D eigenvalue weighted by Crippen LogP contribution is -2.33. The second kappa shape index (κ2) is 18.0. The zero-order valence-electron chi connectivity index (χ0n) is 36.4. The maximum atomic E-state index is 13.6. The van der Waals surface area contributed by atoms with Crippen molar-refractivity contribution in [1.29, 1.82) is 0 Å². The van der Waals surface area contributed by atoms with E-state index in [1.807, 2.05) is 56.3 Å². The second-order valence-electron chi connectivity index (χ2n) is 16.2. The van der Waals surface area contributed by atoms with Gasteiger partial charge in [-0.15, -0.1) is 4.58 Å². The van der Waals surface area contributed by atoms with Crippen molar-refractivity contribution < 1.29 is 30.3 Å². The fourth-order valence-corrected chi connectivity index (χ4v) is 9.55. The van der Waals surface area contributed by atoms with Crippen molar-refractivity contribution in [3.8, 4) is 23.0 Å². The molecule has 2 heterocycles. The number of nitrogens with zero attached hydrogens (tertiary/aromatic N) is 3. The molecule has 9 rings (SSSR count). The summed E-state index contributed by atoms with van der Waals surface area (Å²) in [6.07, 6.45) is 12.8. The molecule has 0 bridgehead atoms. The number of hydrogen-bond acceptors (Lipinski definition) is 10. The van der Waals surface area contributed by atoms with Gasteiger partial charge in [0.15, 0.2) is 10.9 Å². The number of ketones is 1. The summed E-state index contributed by atoms with van der Waals surface area (Å²) >= 11 is 3.01. The summed E-state index contributed by atoms with van der Waals surface area (Å²) in [6, 6.07) is 38.5. The van der Waals surface area contributed by atoms with Crippen molar-refractivity contribution in [3.63, 3.8) is 0 Å². The van der Waals surface area contributed by atoms with Crippen molar-refractivity contribution in [3.05, 3.63) is 205 Å². The number of benzene rings is 6. The molecule has 66 heavy (non-hydrogen) atoms. The first-order chi connectivity index (χ1) is 31.8. The summed E-state index contributed by atoms with van der Waals surface area (Å²) in [4.78, 5) is 22.1. The van der Waals surface area contributed by atoms with Gasteiger partial charge in [0, 0.05) is 68.8 Å². The van der Waals surface area contributed by atoms with Crippen LogP contribution in [-0.2, 0) is 4.79 Å². The van der Waals surface area contributed by atoms with E-state index in [0.29, 0.717) is 10.8 Å². The first kappa shape index (κ1) is 43.4. The van der Waals surface area contributed by atoms with Crippen LogP contribution in [0.1, 0.15) is 38.3 Å². The minimum absolute atomic E-state index is 0.318. The van der Waals surface area contributed by atoms with Crippen molar-refractivity contribution in [1.82, 2.24) is 9.56 Å². The summed E-state index contributed by atoms with van der Waals surface area (Å²) < 4.78 is 2.18. The van der Waals surface area contributed by atoms with Gasteiger partial charge >= 0.3 is 0 Å². The van der Waals surface area contributed by atoms with E-state index in [1.165, 1.54) is 35.6 Å². The molecule has 0 saturated carbocycles. The SMILES string of the molecule is Cc1ccc(N(c2ccc(C)cc2)c2ncc(/C=C/c3cc(O)c(C4=C([O-])C(=c5c(O)cc(=C/C=C6\C=CC(=[N+](c7ccc(C)cc7)c7ccc(C)cc7)S6)cc5O)C4=O)c(O)c3)s2)cc1. The molecule has 1 aliphatic heterocycles. The molecule has 2 aliphatic rings. The molecule has 4 N–H and O–H groups in total. The average Bonchev–Trinajstić information content (AvgIpc) is 3.97. The number of carbonyl (C=O) groups is 1. The monoisotopic (exact) mass is 905 g/mol. The first-order valence-corrected chi connectivity index (χ1v) is 22.7. The second-order valence-corrected chi connectivity index (χ2v) is 18.3. The Hall–Kier alpha value is -7.86. The normalized spacial score (nSPS) is 14.1. The Morgan fingerprint density at radius 3 is 1.65 bits per heavy atom. The van der Waals surface area contributed by atoms with E-state index in [1.54, 1.807) is 36.2 Å². The van der Waals surface area contributed by atoms with Crippen LogP contribution >= 0.6 is 23.1 Å². The lowest BCUT2D eigenvalue weighted by atomic mass is 9.81. The highest BCUT2D eigenvalue weighted by Gasteiger charge is 2.34. The summed E-state index contributed by atoms with van der Waals surface area (Å²) in [5, 5.41) is 59.8. The number of anilines is 3. The fourth-order valence-electron chi connectivity index (χ4n) is 7.73. The number of hydrogen-bond donors (Lipinski definition) is 4.